The van der Waals surface area contributed by atoms with Crippen molar-refractivity contribution in [2.75, 3.05) is 14.2 Å². The molecule has 1 rings (SSSR count). The van der Waals surface area contributed by atoms with Crippen LogP contribution in [0.4, 0.5) is 0 Å². The van der Waals surface area contributed by atoms with Gasteiger partial charge in [-0.2, -0.15) is 0 Å². The molecule has 1 N–H and O–H groups in total. The van der Waals surface area contributed by atoms with E-state index in [4.69, 9.17) is 9.47 Å². The second-order valence-corrected chi connectivity index (χ2v) is 5.15. The van der Waals surface area contributed by atoms with Crippen LogP contribution in [-0.4, -0.2) is 25.4 Å². The van der Waals surface area contributed by atoms with E-state index < -0.39 is 11.5 Å². The highest BCUT2D eigenvalue weighted by molar-refractivity contribution is 5.50. The molecule has 110 valence electrons. The first-order chi connectivity index (χ1) is 9.41. The summed E-state index contributed by atoms with van der Waals surface area (Å²) in [6.45, 7) is 11.5. The SMILES string of the molecule is C=CC(O)CC(C)(C=C)c1cc(OC)c(C)cc1OC. The van der Waals surface area contributed by atoms with E-state index in [0.29, 0.717) is 6.42 Å². The fourth-order valence-electron chi connectivity index (χ4n) is 2.32. The Balaban J connectivity index is 3.39. The number of aryl methyl sites for hydroxylation is 1. The zero-order chi connectivity index (χ0) is 15.3. The predicted molar refractivity (Wildman–Crippen MR) is 82.7 cm³/mol. The van der Waals surface area contributed by atoms with Crippen molar-refractivity contribution in [1.29, 1.82) is 0 Å². The van der Waals surface area contributed by atoms with Crippen molar-refractivity contribution in [3.05, 3.63) is 48.6 Å². The number of hydrogen-bond acceptors (Lipinski definition) is 3. The predicted octanol–water partition coefficient (Wildman–Crippen LogP) is 3.39. The second-order valence-electron chi connectivity index (χ2n) is 5.15. The molecule has 1 aromatic carbocycles. The van der Waals surface area contributed by atoms with Crippen LogP contribution in [0.15, 0.2) is 37.4 Å². The number of rotatable bonds is 7. The average molecular weight is 276 g/mol. The third-order valence-electron chi connectivity index (χ3n) is 3.69. The van der Waals surface area contributed by atoms with Gasteiger partial charge in [0.1, 0.15) is 11.5 Å². The minimum Gasteiger partial charge on any atom is -0.496 e. The Kier molecular flexibility index (Phi) is 5.40. The third-order valence-corrected chi connectivity index (χ3v) is 3.69. The molecule has 0 aliphatic rings. The van der Waals surface area contributed by atoms with Crippen LogP contribution in [0.5, 0.6) is 11.5 Å². The fraction of sp³-hybridized carbons (Fsp3) is 0.412. The van der Waals surface area contributed by atoms with E-state index in [-0.39, 0.29) is 0 Å². The van der Waals surface area contributed by atoms with Crippen molar-refractivity contribution in [2.45, 2.75) is 31.8 Å². The fourth-order valence-corrected chi connectivity index (χ4v) is 2.32. The molecule has 0 saturated carbocycles. The summed E-state index contributed by atoms with van der Waals surface area (Å²) in [4.78, 5) is 0. The number of aliphatic hydroxyl groups is 1. The van der Waals surface area contributed by atoms with Crippen LogP contribution < -0.4 is 9.47 Å². The van der Waals surface area contributed by atoms with Crippen LogP contribution in [0.3, 0.4) is 0 Å². The topological polar surface area (TPSA) is 38.7 Å². The van der Waals surface area contributed by atoms with Crippen molar-refractivity contribution < 1.29 is 14.6 Å². The maximum absolute atomic E-state index is 9.89. The van der Waals surface area contributed by atoms with E-state index in [9.17, 15) is 5.11 Å². The second kappa shape index (κ2) is 6.62. The first kappa shape index (κ1) is 16.3. The Morgan fingerprint density at radius 2 is 1.85 bits per heavy atom. The van der Waals surface area contributed by atoms with Gasteiger partial charge in [-0.25, -0.2) is 0 Å². The molecule has 0 radical (unpaired) electrons. The molecule has 0 fully saturated rings. The molecule has 2 unspecified atom stereocenters. The number of aliphatic hydroxyl groups excluding tert-OH is 1. The summed E-state index contributed by atoms with van der Waals surface area (Å²) in [6.07, 6.45) is 3.24. The zero-order valence-electron chi connectivity index (χ0n) is 12.8. The lowest BCUT2D eigenvalue weighted by atomic mass is 9.77. The van der Waals surface area contributed by atoms with Crippen LogP contribution in [0, 0.1) is 6.92 Å². The molecule has 3 heteroatoms. The van der Waals surface area contributed by atoms with E-state index in [1.54, 1.807) is 14.2 Å². The number of allylic oxidation sites excluding steroid dienone is 1. The lowest BCUT2D eigenvalue weighted by molar-refractivity contribution is 0.189. The van der Waals surface area contributed by atoms with Crippen molar-refractivity contribution in [3.8, 4) is 11.5 Å². The molecule has 0 spiro atoms. The van der Waals surface area contributed by atoms with Gasteiger partial charge in [-0.05, 0) is 31.0 Å². The molecular weight excluding hydrogens is 252 g/mol. The van der Waals surface area contributed by atoms with Gasteiger partial charge < -0.3 is 14.6 Å². The minimum atomic E-state index is -0.602. The van der Waals surface area contributed by atoms with Gasteiger partial charge in [-0.3, -0.25) is 0 Å². The smallest absolute Gasteiger partial charge is 0.123 e. The summed E-state index contributed by atoms with van der Waals surface area (Å²) in [6, 6.07) is 3.89. The lowest BCUT2D eigenvalue weighted by Crippen LogP contribution is -2.25. The normalized spacial score (nSPS) is 15.1. The van der Waals surface area contributed by atoms with Gasteiger partial charge in [-0.1, -0.05) is 19.1 Å². The maximum Gasteiger partial charge on any atom is 0.123 e. The quantitative estimate of drug-likeness (QED) is 0.776. The average Bonchev–Trinajstić information content (AvgIpc) is 2.46. The Hall–Kier alpha value is -1.74. The number of benzene rings is 1. The third kappa shape index (κ3) is 3.23. The number of ether oxygens (including phenoxy) is 2. The van der Waals surface area contributed by atoms with Crippen LogP contribution in [0.1, 0.15) is 24.5 Å². The summed E-state index contributed by atoms with van der Waals surface area (Å²) >= 11 is 0. The summed E-state index contributed by atoms with van der Waals surface area (Å²) in [7, 11) is 3.28. The largest absolute Gasteiger partial charge is 0.496 e. The molecule has 0 aliphatic heterocycles. The molecule has 0 aliphatic carbocycles. The first-order valence-electron chi connectivity index (χ1n) is 6.59. The zero-order valence-corrected chi connectivity index (χ0v) is 12.8. The molecular formula is C17H24O3. The number of methoxy groups -OCH3 is 2. The summed E-state index contributed by atoms with van der Waals surface area (Å²) in [5.41, 5.74) is 1.52. The Morgan fingerprint density at radius 3 is 2.30 bits per heavy atom. The van der Waals surface area contributed by atoms with Crippen molar-refractivity contribution in [2.24, 2.45) is 0 Å². The summed E-state index contributed by atoms with van der Waals surface area (Å²) < 4.78 is 10.9. The van der Waals surface area contributed by atoms with Gasteiger partial charge in [-0.15, -0.1) is 13.2 Å². The van der Waals surface area contributed by atoms with Crippen molar-refractivity contribution in [3.63, 3.8) is 0 Å². The van der Waals surface area contributed by atoms with Crippen LogP contribution in [-0.2, 0) is 5.41 Å². The van der Waals surface area contributed by atoms with Gasteiger partial charge in [0.05, 0.1) is 20.3 Å². The van der Waals surface area contributed by atoms with Crippen LogP contribution in [0.2, 0.25) is 0 Å². The molecule has 0 heterocycles. The first-order valence-corrected chi connectivity index (χ1v) is 6.59. The number of hydrogen-bond donors (Lipinski definition) is 1. The van der Waals surface area contributed by atoms with Gasteiger partial charge >= 0.3 is 0 Å². The Bertz CT molecular complexity index is 493. The van der Waals surface area contributed by atoms with E-state index in [2.05, 4.69) is 13.2 Å². The van der Waals surface area contributed by atoms with Gasteiger partial charge in [0, 0.05) is 11.0 Å². The maximum atomic E-state index is 9.89. The van der Waals surface area contributed by atoms with E-state index in [1.807, 2.05) is 32.1 Å². The molecule has 0 aromatic heterocycles. The van der Waals surface area contributed by atoms with Gasteiger partial charge in [0.15, 0.2) is 0 Å². The Morgan fingerprint density at radius 1 is 1.25 bits per heavy atom. The van der Waals surface area contributed by atoms with E-state index in [0.717, 1.165) is 22.6 Å². The molecule has 0 saturated heterocycles. The highest BCUT2D eigenvalue weighted by Crippen LogP contribution is 2.40. The summed E-state index contributed by atoms with van der Waals surface area (Å²) in [5, 5.41) is 9.89. The molecule has 3 nitrogen and oxygen atoms in total. The molecule has 0 amide bonds. The molecule has 2 atom stereocenters. The summed E-state index contributed by atoms with van der Waals surface area (Å²) in [5.74, 6) is 1.56. The van der Waals surface area contributed by atoms with Gasteiger partial charge in [0.2, 0.25) is 0 Å². The standard InChI is InChI=1S/C17H24O3/c1-7-13(18)11-17(4,8-2)14-10-15(19-5)12(3)9-16(14)20-6/h7-10,13,18H,1-2,11H2,3-6H3. The molecule has 20 heavy (non-hydrogen) atoms. The van der Waals surface area contributed by atoms with Crippen LogP contribution in [0.25, 0.3) is 0 Å². The van der Waals surface area contributed by atoms with E-state index >= 15 is 0 Å². The van der Waals surface area contributed by atoms with Crippen LogP contribution >= 0.6 is 0 Å². The van der Waals surface area contributed by atoms with E-state index in [1.165, 1.54) is 6.08 Å². The lowest BCUT2D eigenvalue weighted by Gasteiger charge is -2.30. The van der Waals surface area contributed by atoms with Crippen molar-refractivity contribution >= 4 is 0 Å². The van der Waals surface area contributed by atoms with Crippen molar-refractivity contribution in [1.82, 2.24) is 0 Å². The molecule has 0 bridgehead atoms. The molecule has 1 aromatic rings. The minimum absolute atomic E-state index is 0.431. The highest BCUT2D eigenvalue weighted by Gasteiger charge is 2.29. The highest BCUT2D eigenvalue weighted by atomic mass is 16.5. The van der Waals surface area contributed by atoms with Gasteiger partial charge in [0.25, 0.3) is 0 Å². The monoisotopic (exact) mass is 276 g/mol. The Labute approximate surface area is 121 Å².